The number of halogens is 10. The molecule has 100 heavy (non-hydrogen) atoms. The predicted molar refractivity (Wildman–Crippen MR) is 372 cm³/mol. The van der Waals surface area contributed by atoms with Gasteiger partial charge in [-0.2, -0.15) is 4.39 Å². The van der Waals surface area contributed by atoms with E-state index in [-0.39, 0.29) is 94.5 Å². The highest BCUT2D eigenvalue weighted by atomic mass is 79.9. The summed E-state index contributed by atoms with van der Waals surface area (Å²) in [5.41, 5.74) is 16.5. The van der Waals surface area contributed by atoms with Crippen LogP contribution in [0.3, 0.4) is 0 Å². The largest absolute Gasteiger partial charge is 0.477 e. The van der Waals surface area contributed by atoms with Gasteiger partial charge in [0.1, 0.15) is 33.4 Å². The van der Waals surface area contributed by atoms with Crippen molar-refractivity contribution in [3.8, 4) is 23.5 Å². The van der Waals surface area contributed by atoms with Gasteiger partial charge in [0.05, 0.1) is 105 Å². The summed E-state index contributed by atoms with van der Waals surface area (Å²) < 4.78 is 101. The zero-order valence-corrected chi connectivity index (χ0v) is 58.2. The number of nitro groups is 1. The number of anilines is 4. The van der Waals surface area contributed by atoms with E-state index in [2.05, 4.69) is 108 Å². The van der Waals surface area contributed by atoms with Crippen LogP contribution in [0.25, 0.3) is 44.1 Å². The van der Waals surface area contributed by atoms with Gasteiger partial charge in [-0.05, 0) is 115 Å². The predicted octanol–water partition coefficient (Wildman–Crippen LogP) is 9.18. The Morgan fingerprint density at radius 3 is 1.36 bits per heavy atom. The summed E-state index contributed by atoms with van der Waals surface area (Å²) in [6.07, 6.45) is 1.70. The van der Waals surface area contributed by atoms with Crippen molar-refractivity contribution in [3.63, 3.8) is 0 Å². The fraction of sp³-hybridized carbons (Fsp3) is 0.194. The fourth-order valence-electron chi connectivity index (χ4n) is 8.99. The molecule has 12 rings (SSSR count). The Hall–Kier alpha value is -10.5. The number of hydrogen-bond donors (Lipinski definition) is 9. The minimum absolute atomic E-state index is 0.00521. The Balaban J connectivity index is 0.000000177. The normalized spacial score (nSPS) is 11.7. The van der Waals surface area contributed by atoms with Crippen LogP contribution in [0, 0.1) is 45.0 Å². The molecule has 0 spiro atoms. The summed E-state index contributed by atoms with van der Waals surface area (Å²) in [7, 11) is 6.88. The van der Waals surface area contributed by atoms with E-state index in [1.165, 1.54) is 70.9 Å². The molecule has 5 aromatic heterocycles. The second-order valence-electron chi connectivity index (χ2n) is 20.3. The molecule has 38 heteroatoms. The van der Waals surface area contributed by atoms with Gasteiger partial charge in [-0.3, -0.25) is 39.0 Å². The second kappa shape index (κ2) is 34.8. The number of nitrogen functional groups attached to an aromatic ring is 3. The number of nitrogens with zero attached hydrogens (tertiary/aromatic N) is 8. The molecule has 1 amide bonds. The van der Waals surface area contributed by atoms with E-state index in [0.717, 1.165) is 31.9 Å². The molecule has 1 aliphatic heterocycles. The summed E-state index contributed by atoms with van der Waals surface area (Å²) in [5.74, 6) is -4.25. The lowest BCUT2D eigenvalue weighted by Crippen LogP contribution is -2.46. The standard InChI is InChI=1S/C21H23FN6O3.C10H8ClFN2O2.C10H9FN2O3.C9H6BrFN2O2.C6H4BrFN2O2.C6H6BrFN2/c1-23-19(29)16-6-4-14(11-24-16)28-9-7-27(8-10-28)12-13-3-5-15-18(17(13)22)26-20(30)21(25-15)31-2;1-16-10-9(15)14-8-6(13-10)3-2-5(4-11)7(8)12;1-16-10-9(15)13-8-6(12-10)3-2-5(4-14)7(8)11;1-15-9-8(14)13-7-5(12-9)3-2-4(10)6(7)11;7-3-1-2-4(9)6(5(3)8)10(11)12;7-3-1-2-4(9)6(10)5(3)8/h3-6,11H,7-10,12H2,1-2H3,(H,23,29)(H,26,30);2-3H,4H2,1H3,(H,14,15);2-3,14H,4H2,1H3,(H,13,15);2-3H,1H3,(H,13,14);1-2H,9H2;1-2H,9-10H2. The van der Waals surface area contributed by atoms with Gasteiger partial charge in [0.15, 0.2) is 29.1 Å². The molecule has 11 aromatic rings. The van der Waals surface area contributed by atoms with E-state index in [1.807, 2.05) is 6.07 Å². The van der Waals surface area contributed by atoms with E-state index in [0.29, 0.717) is 44.4 Å². The Morgan fingerprint density at radius 1 is 0.570 bits per heavy atom. The number of H-pyrrole nitrogens is 4. The van der Waals surface area contributed by atoms with E-state index < -0.39 is 74.4 Å². The number of aromatic amines is 4. The first-order chi connectivity index (χ1) is 47.6. The van der Waals surface area contributed by atoms with Gasteiger partial charge in [0.2, 0.25) is 5.82 Å². The summed E-state index contributed by atoms with van der Waals surface area (Å²) >= 11 is 14.4. The molecule has 0 aliphatic carbocycles. The van der Waals surface area contributed by atoms with Crippen LogP contribution in [-0.4, -0.2) is 127 Å². The quantitative estimate of drug-likeness (QED) is 0.0191. The third kappa shape index (κ3) is 18.2. The number of nitro benzene ring substituents is 1. The zero-order chi connectivity index (χ0) is 73.4. The van der Waals surface area contributed by atoms with Gasteiger partial charge in [0.25, 0.3) is 29.4 Å². The zero-order valence-electron chi connectivity index (χ0n) is 52.6. The monoisotopic (exact) mass is 1600 g/mol. The van der Waals surface area contributed by atoms with E-state index in [1.54, 1.807) is 49.6 Å². The van der Waals surface area contributed by atoms with Crippen LogP contribution in [-0.2, 0) is 19.0 Å². The number of amides is 1. The highest BCUT2D eigenvalue weighted by Gasteiger charge is 2.23. The van der Waals surface area contributed by atoms with Crippen LogP contribution in [0.15, 0.2) is 124 Å². The third-order valence-corrected chi connectivity index (χ3v) is 16.3. The first-order valence-electron chi connectivity index (χ1n) is 28.5. The highest BCUT2D eigenvalue weighted by Crippen LogP contribution is 2.31. The number of aliphatic hydroxyl groups excluding tert-OH is 1. The number of carbonyl (C=O) groups excluding carboxylic acids is 1. The number of ether oxygens (including phenoxy) is 4. The van der Waals surface area contributed by atoms with Crippen molar-refractivity contribution in [1.29, 1.82) is 0 Å². The molecule has 28 nitrogen and oxygen atoms in total. The number of benzene rings is 6. The molecule has 6 aromatic carbocycles. The number of piperazine rings is 1. The smallest absolute Gasteiger partial charge is 0.328 e. The Bertz CT molecular complexity index is 4970. The highest BCUT2D eigenvalue weighted by molar-refractivity contribution is 9.11. The van der Waals surface area contributed by atoms with Crippen molar-refractivity contribution in [3.05, 3.63) is 213 Å². The lowest BCUT2D eigenvalue weighted by Gasteiger charge is -2.36. The van der Waals surface area contributed by atoms with Gasteiger partial charge in [0, 0.05) is 56.5 Å². The number of methoxy groups -OCH3 is 4. The average molecular weight is 1610 g/mol. The maximum atomic E-state index is 15.0. The number of nitrogens with two attached hydrogens (primary N) is 3. The summed E-state index contributed by atoms with van der Waals surface area (Å²) in [6, 6.07) is 21.7. The molecule has 0 bridgehead atoms. The van der Waals surface area contributed by atoms with Gasteiger partial charge in [-0.15, -0.1) is 11.6 Å². The molecule has 0 radical (unpaired) electrons. The Morgan fingerprint density at radius 2 is 0.960 bits per heavy atom. The minimum atomic E-state index is -0.944. The van der Waals surface area contributed by atoms with Crippen molar-refractivity contribution >= 4 is 138 Å². The maximum Gasteiger partial charge on any atom is 0.328 e. The van der Waals surface area contributed by atoms with Crippen LogP contribution in [0.4, 0.5) is 54.8 Å². The first kappa shape index (κ1) is 76.9. The minimum Gasteiger partial charge on any atom is -0.477 e. The molecule has 0 atom stereocenters. The number of rotatable bonds is 11. The lowest BCUT2D eigenvalue weighted by atomic mass is 10.1. The molecule has 0 unspecified atom stereocenters. The number of carbonyl (C=O) groups is 1. The van der Waals surface area contributed by atoms with Crippen LogP contribution in [0.2, 0.25) is 0 Å². The average Bonchev–Trinajstić information content (AvgIpc) is 0.807. The molecule has 1 fully saturated rings. The van der Waals surface area contributed by atoms with Gasteiger partial charge in [-0.25, -0.2) is 46.9 Å². The third-order valence-electron chi connectivity index (χ3n) is 14.2. The number of hydrogen-bond acceptors (Lipinski definition) is 22. The number of aromatic nitrogens is 9. The Kier molecular flexibility index (Phi) is 26.8. The van der Waals surface area contributed by atoms with Crippen molar-refractivity contribution in [1.82, 2.24) is 55.1 Å². The summed E-state index contributed by atoms with van der Waals surface area (Å²) in [4.78, 5) is 101. The molecule has 12 N–H and O–H groups in total. The van der Waals surface area contributed by atoms with E-state index >= 15 is 0 Å². The molecule has 526 valence electrons. The van der Waals surface area contributed by atoms with Gasteiger partial charge in [-0.1, -0.05) is 18.2 Å². The van der Waals surface area contributed by atoms with Gasteiger partial charge < -0.3 is 71.4 Å². The number of alkyl halides is 1. The summed E-state index contributed by atoms with van der Waals surface area (Å²) in [6.45, 7) is 2.99. The number of pyridine rings is 1. The van der Waals surface area contributed by atoms with Crippen molar-refractivity contribution in [2.24, 2.45) is 0 Å². The molecule has 1 saturated heterocycles. The summed E-state index contributed by atoms with van der Waals surface area (Å²) in [5, 5.41) is 21.7. The Labute approximate surface area is 589 Å². The van der Waals surface area contributed by atoms with Crippen LogP contribution >= 0.6 is 59.4 Å². The van der Waals surface area contributed by atoms with Crippen LogP contribution in [0.1, 0.15) is 27.2 Å². The number of nitrogens with one attached hydrogen (secondary N) is 5. The topological polar surface area (TPSA) is 410 Å². The van der Waals surface area contributed by atoms with Crippen LogP contribution < -0.4 is 68.6 Å². The van der Waals surface area contributed by atoms with Crippen molar-refractivity contribution < 1.29 is 60.1 Å². The van der Waals surface area contributed by atoms with Crippen molar-refractivity contribution in [2.75, 3.05) is 83.8 Å². The van der Waals surface area contributed by atoms with E-state index in [4.69, 9.17) is 52.9 Å². The maximum absolute atomic E-state index is 15.0. The first-order valence-corrected chi connectivity index (χ1v) is 31.4. The van der Waals surface area contributed by atoms with Crippen LogP contribution in [0.5, 0.6) is 23.5 Å². The number of aliphatic hydroxyl groups is 1. The SMILES string of the molecule is CNC(=O)c1ccc(N2CCN(Cc3ccc4nc(OC)c(=O)[nH]c4c3F)CC2)cn1.COc1nc2ccc(Br)c(F)c2[nH]c1=O.COc1nc2ccc(CCl)c(F)c2[nH]c1=O.COc1nc2ccc(CO)c(F)c2[nH]c1=O.Nc1ccc(Br)c(F)c1N.Nc1ccc(Br)c(F)c1[N+](=O)[O-]. The van der Waals surface area contributed by atoms with Gasteiger partial charge >= 0.3 is 27.9 Å². The molecule has 0 saturated carbocycles. The fourth-order valence-corrected chi connectivity index (χ4v) is 10.2. The molecular formula is C62H56Br3ClF6N16O12. The lowest BCUT2D eigenvalue weighted by molar-refractivity contribution is -0.386. The number of fused-ring (bicyclic) bond motifs is 4. The molecule has 6 heterocycles. The van der Waals surface area contributed by atoms with Crippen molar-refractivity contribution in [2.45, 2.75) is 19.0 Å². The molecule has 1 aliphatic rings. The van der Waals surface area contributed by atoms with E-state index in [9.17, 15) is 60.4 Å². The molecular weight excluding hydrogens is 1550 g/mol. The second-order valence-corrected chi connectivity index (χ2v) is 23.1.